The molecule has 1 atom stereocenters. The summed E-state index contributed by atoms with van der Waals surface area (Å²) < 4.78 is 5.29. The lowest BCUT2D eigenvalue weighted by Gasteiger charge is -2.34. The molecule has 2 aromatic rings. The summed E-state index contributed by atoms with van der Waals surface area (Å²) >= 11 is 1.28. The summed E-state index contributed by atoms with van der Waals surface area (Å²) in [6, 6.07) is 14.5. The quantitative estimate of drug-likeness (QED) is 0.701. The van der Waals surface area contributed by atoms with Gasteiger partial charge in [-0.05, 0) is 37.1 Å². The third-order valence-corrected chi connectivity index (χ3v) is 6.95. The van der Waals surface area contributed by atoms with Gasteiger partial charge in [-0.15, -0.1) is 11.8 Å². The van der Waals surface area contributed by atoms with E-state index in [0.717, 1.165) is 30.6 Å². The minimum atomic E-state index is -0.873. The van der Waals surface area contributed by atoms with Crippen LogP contribution in [-0.4, -0.2) is 54.6 Å². The van der Waals surface area contributed by atoms with Crippen LogP contribution >= 0.6 is 11.8 Å². The molecule has 0 saturated carbocycles. The molecule has 2 aromatic carbocycles. The predicted octanol–water partition coefficient (Wildman–Crippen LogP) is 3.54. The van der Waals surface area contributed by atoms with Crippen LogP contribution in [0.3, 0.4) is 0 Å². The minimum absolute atomic E-state index is 0.161. The van der Waals surface area contributed by atoms with Crippen LogP contribution < -0.4 is 15.0 Å². The summed E-state index contributed by atoms with van der Waals surface area (Å²) in [7, 11) is 1.53. The van der Waals surface area contributed by atoms with Crippen molar-refractivity contribution < 1.29 is 19.1 Å². The summed E-state index contributed by atoms with van der Waals surface area (Å²) in [6.45, 7) is 1.18. The highest BCUT2D eigenvalue weighted by Gasteiger charge is 2.40. The molecule has 0 spiro atoms. The highest BCUT2D eigenvalue weighted by molar-refractivity contribution is 8.01. The molecule has 0 bridgehead atoms. The zero-order valence-electron chi connectivity index (χ0n) is 18.1. The lowest BCUT2D eigenvalue weighted by molar-refractivity contribution is -0.135. The molecule has 168 valence electrons. The smallest absolute Gasteiger partial charge is 0.250 e. The van der Waals surface area contributed by atoms with E-state index in [-0.39, 0.29) is 24.3 Å². The number of hydrogen-bond donors (Lipinski definition) is 1. The number of fused-ring (bicyclic) bond motifs is 1. The van der Waals surface area contributed by atoms with Crippen molar-refractivity contribution in [3.05, 3.63) is 48.5 Å². The molecule has 7 nitrogen and oxygen atoms in total. The molecule has 2 aliphatic heterocycles. The number of hydrogen-bond acceptors (Lipinski definition) is 5. The van der Waals surface area contributed by atoms with Crippen molar-refractivity contribution in [2.45, 2.75) is 35.8 Å². The Labute approximate surface area is 192 Å². The second kappa shape index (κ2) is 10.1. The van der Waals surface area contributed by atoms with Crippen molar-refractivity contribution in [2.75, 3.05) is 37.0 Å². The summed E-state index contributed by atoms with van der Waals surface area (Å²) in [5, 5.41) is 1.94. The molecule has 0 aromatic heterocycles. The number of nitrogens with zero attached hydrogens (tertiary/aromatic N) is 2. The van der Waals surface area contributed by atoms with Crippen LogP contribution in [0, 0.1) is 0 Å². The minimum Gasteiger partial charge on any atom is -0.495 e. The topological polar surface area (TPSA) is 79.0 Å². The number of carbonyl (C=O) groups excluding carboxylic acids is 3. The van der Waals surface area contributed by atoms with Crippen LogP contribution in [0.1, 0.15) is 25.7 Å². The first-order valence-electron chi connectivity index (χ1n) is 10.9. The van der Waals surface area contributed by atoms with Crippen molar-refractivity contribution in [3.63, 3.8) is 0 Å². The number of rotatable bonds is 5. The Balaban J connectivity index is 1.55. The van der Waals surface area contributed by atoms with Crippen molar-refractivity contribution in [1.82, 2.24) is 4.90 Å². The van der Waals surface area contributed by atoms with Gasteiger partial charge in [0.25, 0.3) is 5.91 Å². The van der Waals surface area contributed by atoms with E-state index < -0.39 is 5.25 Å². The number of para-hydroxylation sites is 3. The number of thioether (sulfide) groups is 1. The van der Waals surface area contributed by atoms with Crippen LogP contribution in [0.5, 0.6) is 5.75 Å². The second-order valence-corrected chi connectivity index (χ2v) is 9.02. The molecular formula is C24H27N3O4S. The Hall–Kier alpha value is -3.00. The summed E-state index contributed by atoms with van der Waals surface area (Å²) in [5.41, 5.74) is 1.18. The maximum Gasteiger partial charge on any atom is 0.250 e. The molecule has 3 amide bonds. The van der Waals surface area contributed by atoms with Crippen molar-refractivity contribution >= 4 is 40.9 Å². The monoisotopic (exact) mass is 453 g/mol. The van der Waals surface area contributed by atoms with E-state index in [1.165, 1.54) is 23.8 Å². The maximum absolute atomic E-state index is 13.4. The molecule has 0 unspecified atom stereocenters. The van der Waals surface area contributed by atoms with Gasteiger partial charge in [0.15, 0.2) is 5.25 Å². The van der Waals surface area contributed by atoms with Gasteiger partial charge >= 0.3 is 0 Å². The van der Waals surface area contributed by atoms with Gasteiger partial charge in [0.2, 0.25) is 11.8 Å². The van der Waals surface area contributed by atoms with Gasteiger partial charge in [-0.3, -0.25) is 14.4 Å². The van der Waals surface area contributed by atoms with Crippen molar-refractivity contribution in [3.8, 4) is 5.75 Å². The standard InChI is InChI=1S/C24H27N3O4S/c1-31-19-12-6-4-10-17(19)25-21(28)16-27-18-11-5-7-13-20(18)32-22(24(27)30)23(29)26-14-8-2-3-9-15-26/h4-7,10-13,22H,2-3,8-9,14-16H2,1H3,(H,25,28)/t22-/m1/s1. The van der Waals surface area contributed by atoms with Crippen LogP contribution in [0.25, 0.3) is 0 Å². The number of benzene rings is 2. The van der Waals surface area contributed by atoms with Crippen molar-refractivity contribution in [2.24, 2.45) is 0 Å². The molecule has 1 saturated heterocycles. The normalized spacial score (nSPS) is 18.5. The van der Waals surface area contributed by atoms with E-state index in [1.807, 2.05) is 35.2 Å². The molecule has 2 aliphatic rings. The Bertz CT molecular complexity index is 1000. The number of amides is 3. The lowest BCUT2D eigenvalue weighted by Crippen LogP contribution is -2.51. The lowest BCUT2D eigenvalue weighted by atomic mass is 10.2. The van der Waals surface area contributed by atoms with Gasteiger partial charge in [-0.25, -0.2) is 0 Å². The van der Waals surface area contributed by atoms with Gasteiger partial charge in [0.1, 0.15) is 12.3 Å². The average Bonchev–Trinajstić information content (AvgIpc) is 3.10. The zero-order valence-corrected chi connectivity index (χ0v) is 18.9. The summed E-state index contributed by atoms with van der Waals surface area (Å²) in [4.78, 5) is 43.6. The third-order valence-electron chi connectivity index (χ3n) is 5.72. The number of carbonyl (C=O) groups is 3. The third kappa shape index (κ3) is 4.75. The van der Waals surface area contributed by atoms with Gasteiger partial charge < -0.3 is 19.9 Å². The number of ether oxygens (including phenoxy) is 1. The molecule has 2 heterocycles. The van der Waals surface area contributed by atoms with Gasteiger partial charge in [0.05, 0.1) is 18.5 Å². The summed E-state index contributed by atoms with van der Waals surface area (Å²) in [6.07, 6.45) is 4.12. The van der Waals surface area contributed by atoms with E-state index in [4.69, 9.17) is 4.74 Å². The van der Waals surface area contributed by atoms with Gasteiger partial charge in [-0.2, -0.15) is 0 Å². The van der Waals surface area contributed by atoms with Gasteiger partial charge in [-0.1, -0.05) is 37.1 Å². The molecule has 0 aliphatic carbocycles. The highest BCUT2D eigenvalue weighted by Crippen LogP contribution is 2.40. The van der Waals surface area contributed by atoms with Crippen LogP contribution in [0.2, 0.25) is 0 Å². The second-order valence-electron chi connectivity index (χ2n) is 7.88. The molecule has 4 rings (SSSR count). The van der Waals surface area contributed by atoms with Crippen LogP contribution in [0.4, 0.5) is 11.4 Å². The van der Waals surface area contributed by atoms with Crippen LogP contribution in [-0.2, 0) is 14.4 Å². The van der Waals surface area contributed by atoms with Crippen molar-refractivity contribution in [1.29, 1.82) is 0 Å². The first-order chi connectivity index (χ1) is 15.6. The fraction of sp³-hybridized carbons (Fsp3) is 0.375. The average molecular weight is 454 g/mol. The Morgan fingerprint density at radius 2 is 1.72 bits per heavy atom. The Morgan fingerprint density at radius 1 is 1.03 bits per heavy atom. The SMILES string of the molecule is COc1ccccc1NC(=O)CN1C(=O)[C@@H](C(=O)N2CCCCCC2)Sc2ccccc21. The van der Waals surface area contributed by atoms with E-state index >= 15 is 0 Å². The molecular weight excluding hydrogens is 426 g/mol. The fourth-order valence-corrected chi connectivity index (χ4v) is 5.26. The van der Waals surface area contributed by atoms with E-state index in [1.54, 1.807) is 18.2 Å². The number of likely N-dealkylation sites (tertiary alicyclic amines) is 1. The maximum atomic E-state index is 13.4. The molecule has 32 heavy (non-hydrogen) atoms. The van der Waals surface area contributed by atoms with Crippen LogP contribution in [0.15, 0.2) is 53.4 Å². The first-order valence-corrected chi connectivity index (χ1v) is 11.7. The fourth-order valence-electron chi connectivity index (χ4n) is 4.07. The summed E-state index contributed by atoms with van der Waals surface area (Å²) in [5.74, 6) is -0.328. The van der Waals surface area contributed by atoms with E-state index in [2.05, 4.69) is 5.32 Å². The Kier molecular flexibility index (Phi) is 6.99. The van der Waals surface area contributed by atoms with E-state index in [0.29, 0.717) is 30.2 Å². The zero-order chi connectivity index (χ0) is 22.5. The highest BCUT2D eigenvalue weighted by atomic mass is 32.2. The number of anilines is 2. The largest absolute Gasteiger partial charge is 0.495 e. The van der Waals surface area contributed by atoms with Gasteiger partial charge in [0, 0.05) is 18.0 Å². The molecule has 0 radical (unpaired) electrons. The molecule has 8 heteroatoms. The predicted molar refractivity (Wildman–Crippen MR) is 125 cm³/mol. The number of methoxy groups -OCH3 is 1. The molecule has 1 N–H and O–H groups in total. The molecule has 1 fully saturated rings. The first kappa shape index (κ1) is 22.2. The van der Waals surface area contributed by atoms with E-state index in [9.17, 15) is 14.4 Å². The number of nitrogens with one attached hydrogen (secondary N) is 1. The Morgan fingerprint density at radius 3 is 2.47 bits per heavy atom.